The molecule has 0 unspecified atom stereocenters. The van der Waals surface area contributed by atoms with Crippen LogP contribution in [0, 0.1) is 0 Å². The first kappa shape index (κ1) is 14.5. The molecule has 0 aliphatic heterocycles. The summed E-state index contributed by atoms with van der Waals surface area (Å²) in [5.74, 6) is 0.781. The molecule has 0 aliphatic carbocycles. The van der Waals surface area contributed by atoms with Gasteiger partial charge in [-0.2, -0.15) is 0 Å². The zero-order chi connectivity index (χ0) is 10.7. The maximum absolute atomic E-state index is 5.00. The first-order valence-corrected chi connectivity index (χ1v) is 4.80. The predicted molar refractivity (Wildman–Crippen MR) is 60.7 cm³/mol. The zero-order valence-electron chi connectivity index (χ0n) is 9.39. The SMILES string of the molecule is C=C/C(=C\C(=C)CCC)OC.CC. The van der Waals surface area contributed by atoms with Crippen molar-refractivity contribution in [2.24, 2.45) is 0 Å². The molecular formula is C12H22O. The van der Waals surface area contributed by atoms with Crippen LogP contribution in [0.3, 0.4) is 0 Å². The van der Waals surface area contributed by atoms with Crippen molar-refractivity contribution in [2.45, 2.75) is 33.6 Å². The molecule has 76 valence electrons. The van der Waals surface area contributed by atoms with E-state index in [1.807, 2.05) is 19.9 Å². The van der Waals surface area contributed by atoms with Gasteiger partial charge in [0.05, 0.1) is 7.11 Å². The normalized spacial score (nSPS) is 9.69. The second-order valence-electron chi connectivity index (χ2n) is 2.36. The van der Waals surface area contributed by atoms with Gasteiger partial charge in [0, 0.05) is 0 Å². The van der Waals surface area contributed by atoms with Gasteiger partial charge in [-0.25, -0.2) is 0 Å². The Bertz CT molecular complexity index is 166. The molecule has 0 aromatic heterocycles. The van der Waals surface area contributed by atoms with Crippen LogP contribution in [0.15, 0.2) is 36.6 Å². The van der Waals surface area contributed by atoms with E-state index in [9.17, 15) is 0 Å². The van der Waals surface area contributed by atoms with Gasteiger partial charge >= 0.3 is 0 Å². The minimum atomic E-state index is 0.781. The van der Waals surface area contributed by atoms with Crippen molar-refractivity contribution in [1.29, 1.82) is 0 Å². The van der Waals surface area contributed by atoms with Gasteiger partial charge in [0.1, 0.15) is 5.76 Å². The quantitative estimate of drug-likeness (QED) is 0.459. The van der Waals surface area contributed by atoms with E-state index in [1.165, 1.54) is 0 Å². The van der Waals surface area contributed by atoms with E-state index in [4.69, 9.17) is 4.74 Å². The highest BCUT2D eigenvalue weighted by molar-refractivity contribution is 5.22. The molecule has 0 radical (unpaired) electrons. The number of allylic oxidation sites excluding steroid dienone is 3. The van der Waals surface area contributed by atoms with E-state index in [2.05, 4.69) is 20.1 Å². The van der Waals surface area contributed by atoms with Crippen LogP contribution in [-0.4, -0.2) is 7.11 Å². The van der Waals surface area contributed by atoms with E-state index in [0.717, 1.165) is 24.2 Å². The highest BCUT2D eigenvalue weighted by Crippen LogP contribution is 2.07. The molecular weight excluding hydrogens is 160 g/mol. The van der Waals surface area contributed by atoms with Crippen LogP contribution in [-0.2, 0) is 4.74 Å². The van der Waals surface area contributed by atoms with Gasteiger partial charge in [-0.3, -0.25) is 0 Å². The monoisotopic (exact) mass is 182 g/mol. The Balaban J connectivity index is 0. The molecule has 0 aromatic carbocycles. The van der Waals surface area contributed by atoms with Gasteiger partial charge in [0.2, 0.25) is 0 Å². The standard InChI is InChI=1S/C10H16O.C2H6/c1-5-7-9(3)8-10(6-2)11-4;1-2/h6,8H,2-3,5,7H2,1,4H3;1-2H3/b10-8+;. The largest absolute Gasteiger partial charge is 0.497 e. The molecule has 0 amide bonds. The van der Waals surface area contributed by atoms with E-state index in [0.29, 0.717) is 0 Å². The van der Waals surface area contributed by atoms with Crippen molar-refractivity contribution < 1.29 is 4.74 Å². The average molecular weight is 182 g/mol. The molecule has 13 heavy (non-hydrogen) atoms. The molecule has 0 fully saturated rings. The lowest BCUT2D eigenvalue weighted by atomic mass is 10.1. The molecule has 0 spiro atoms. The van der Waals surface area contributed by atoms with Crippen molar-refractivity contribution in [1.82, 2.24) is 0 Å². The van der Waals surface area contributed by atoms with E-state index < -0.39 is 0 Å². The number of methoxy groups -OCH3 is 1. The van der Waals surface area contributed by atoms with E-state index in [-0.39, 0.29) is 0 Å². The number of rotatable bonds is 5. The third-order valence-electron chi connectivity index (χ3n) is 1.35. The molecule has 1 heteroatoms. The summed E-state index contributed by atoms with van der Waals surface area (Å²) in [5.41, 5.74) is 1.09. The summed E-state index contributed by atoms with van der Waals surface area (Å²) in [6.45, 7) is 13.6. The van der Waals surface area contributed by atoms with Gasteiger partial charge in [0.15, 0.2) is 0 Å². The first-order valence-electron chi connectivity index (χ1n) is 4.80. The van der Waals surface area contributed by atoms with Gasteiger partial charge in [0.25, 0.3) is 0 Å². The van der Waals surface area contributed by atoms with Crippen molar-refractivity contribution in [3.8, 4) is 0 Å². The third-order valence-corrected chi connectivity index (χ3v) is 1.35. The van der Waals surface area contributed by atoms with Crippen LogP contribution in [0.4, 0.5) is 0 Å². The van der Waals surface area contributed by atoms with Crippen molar-refractivity contribution in [3.63, 3.8) is 0 Å². The molecule has 0 atom stereocenters. The fourth-order valence-electron chi connectivity index (χ4n) is 0.796. The number of hydrogen-bond acceptors (Lipinski definition) is 1. The van der Waals surface area contributed by atoms with Crippen LogP contribution in [0.1, 0.15) is 33.6 Å². The summed E-state index contributed by atoms with van der Waals surface area (Å²) in [6.07, 6.45) is 5.72. The molecule has 0 saturated heterocycles. The Morgan fingerprint density at radius 2 is 1.92 bits per heavy atom. The van der Waals surface area contributed by atoms with Crippen molar-refractivity contribution >= 4 is 0 Å². The lowest BCUT2D eigenvalue weighted by molar-refractivity contribution is 0.306. The van der Waals surface area contributed by atoms with Gasteiger partial charge in [-0.1, -0.05) is 45.9 Å². The summed E-state index contributed by atoms with van der Waals surface area (Å²) >= 11 is 0. The summed E-state index contributed by atoms with van der Waals surface area (Å²) in [6, 6.07) is 0. The molecule has 0 bridgehead atoms. The Kier molecular flexibility index (Phi) is 12.3. The Morgan fingerprint density at radius 3 is 2.23 bits per heavy atom. The molecule has 0 heterocycles. The van der Waals surface area contributed by atoms with Gasteiger partial charge in [-0.15, -0.1) is 0 Å². The fraction of sp³-hybridized carbons (Fsp3) is 0.500. The zero-order valence-corrected chi connectivity index (χ0v) is 9.39. The van der Waals surface area contributed by atoms with E-state index >= 15 is 0 Å². The highest BCUT2D eigenvalue weighted by atomic mass is 16.5. The lowest BCUT2D eigenvalue weighted by Gasteiger charge is -2.00. The second kappa shape index (κ2) is 11.0. The van der Waals surface area contributed by atoms with Crippen LogP contribution in [0.5, 0.6) is 0 Å². The van der Waals surface area contributed by atoms with Gasteiger partial charge < -0.3 is 4.74 Å². The Labute approximate surface area is 82.8 Å². The third kappa shape index (κ3) is 8.93. The topological polar surface area (TPSA) is 9.23 Å². The number of ether oxygens (including phenoxy) is 1. The van der Waals surface area contributed by atoms with Crippen LogP contribution in [0.25, 0.3) is 0 Å². The molecule has 0 saturated carbocycles. The first-order chi connectivity index (χ1) is 6.24. The van der Waals surface area contributed by atoms with E-state index in [1.54, 1.807) is 13.2 Å². The molecule has 0 aromatic rings. The smallest absolute Gasteiger partial charge is 0.118 e. The summed E-state index contributed by atoms with van der Waals surface area (Å²) in [5, 5.41) is 0. The van der Waals surface area contributed by atoms with Crippen LogP contribution >= 0.6 is 0 Å². The molecule has 0 rings (SSSR count). The van der Waals surface area contributed by atoms with Crippen molar-refractivity contribution in [2.75, 3.05) is 7.11 Å². The average Bonchev–Trinajstić information content (AvgIpc) is 2.18. The number of hydrogen-bond donors (Lipinski definition) is 0. The maximum Gasteiger partial charge on any atom is 0.118 e. The Hall–Kier alpha value is -0.980. The maximum atomic E-state index is 5.00. The minimum absolute atomic E-state index is 0.781. The summed E-state index contributed by atoms with van der Waals surface area (Å²) in [4.78, 5) is 0. The fourth-order valence-corrected chi connectivity index (χ4v) is 0.796. The minimum Gasteiger partial charge on any atom is -0.497 e. The molecule has 0 N–H and O–H groups in total. The Morgan fingerprint density at radius 1 is 1.38 bits per heavy atom. The summed E-state index contributed by atoms with van der Waals surface area (Å²) < 4.78 is 5.00. The molecule has 1 nitrogen and oxygen atoms in total. The van der Waals surface area contributed by atoms with Gasteiger partial charge in [-0.05, 0) is 18.6 Å². The predicted octanol–water partition coefficient (Wildman–Crippen LogP) is 4.09. The lowest BCUT2D eigenvalue weighted by Crippen LogP contribution is -1.83. The summed E-state index contributed by atoms with van der Waals surface area (Å²) in [7, 11) is 1.63. The highest BCUT2D eigenvalue weighted by Gasteiger charge is 1.90. The van der Waals surface area contributed by atoms with Crippen molar-refractivity contribution in [3.05, 3.63) is 36.6 Å². The van der Waals surface area contributed by atoms with Crippen LogP contribution in [0.2, 0.25) is 0 Å². The van der Waals surface area contributed by atoms with Crippen LogP contribution < -0.4 is 0 Å². The molecule has 0 aliphatic rings. The second-order valence-corrected chi connectivity index (χ2v) is 2.36.